The molecule has 98 valence electrons. The highest BCUT2D eigenvalue weighted by Gasteiger charge is 2.17. The molecule has 0 unspecified atom stereocenters. The maximum absolute atomic E-state index is 11.3. The van der Waals surface area contributed by atoms with Crippen molar-refractivity contribution < 1.29 is 9.90 Å². The van der Waals surface area contributed by atoms with Crippen molar-refractivity contribution >= 4 is 33.7 Å². The molecule has 0 spiro atoms. The molecule has 5 nitrogen and oxygen atoms in total. The lowest BCUT2D eigenvalue weighted by Crippen LogP contribution is -2.05. The van der Waals surface area contributed by atoms with Crippen molar-refractivity contribution in [2.45, 2.75) is 24.0 Å². The zero-order valence-electron chi connectivity index (χ0n) is 10.2. The van der Waals surface area contributed by atoms with Crippen LogP contribution < -0.4 is 0 Å². The van der Waals surface area contributed by atoms with Crippen molar-refractivity contribution in [1.82, 2.24) is 15.0 Å². The van der Waals surface area contributed by atoms with E-state index in [-0.39, 0.29) is 5.56 Å². The van der Waals surface area contributed by atoms with E-state index in [1.165, 1.54) is 0 Å². The van der Waals surface area contributed by atoms with E-state index in [1.807, 2.05) is 6.92 Å². The second-order valence-corrected chi connectivity index (χ2v) is 5.72. The second kappa shape index (κ2) is 5.66. The van der Waals surface area contributed by atoms with Gasteiger partial charge in [-0.05, 0) is 53.2 Å². The van der Waals surface area contributed by atoms with Crippen LogP contribution in [0.25, 0.3) is 0 Å². The Labute approximate surface area is 122 Å². The van der Waals surface area contributed by atoms with Crippen molar-refractivity contribution in [2.75, 3.05) is 0 Å². The van der Waals surface area contributed by atoms with Crippen LogP contribution in [-0.4, -0.2) is 26.0 Å². The highest BCUT2D eigenvalue weighted by atomic mass is 79.9. The van der Waals surface area contributed by atoms with Gasteiger partial charge in [0, 0.05) is 18.1 Å². The predicted octanol–water partition coefficient (Wildman–Crippen LogP) is 3.10. The molecule has 0 aliphatic rings. The van der Waals surface area contributed by atoms with Crippen LogP contribution in [0.1, 0.15) is 21.6 Å². The van der Waals surface area contributed by atoms with Crippen LogP contribution in [0, 0.1) is 13.8 Å². The number of hydrogen-bond acceptors (Lipinski definition) is 5. The SMILES string of the molecule is Cc1cc(C)c(C(=O)O)c(Sc2ncc(Br)cn2)n1. The Morgan fingerprint density at radius 2 is 1.95 bits per heavy atom. The molecule has 0 aromatic carbocycles. The van der Waals surface area contributed by atoms with E-state index >= 15 is 0 Å². The lowest BCUT2D eigenvalue weighted by molar-refractivity contribution is 0.0691. The molecular formula is C12H10BrN3O2S. The minimum atomic E-state index is -0.996. The van der Waals surface area contributed by atoms with E-state index in [9.17, 15) is 9.90 Å². The molecule has 0 saturated carbocycles. The number of carboxylic acids is 1. The summed E-state index contributed by atoms with van der Waals surface area (Å²) >= 11 is 4.39. The smallest absolute Gasteiger partial charge is 0.338 e. The molecule has 2 rings (SSSR count). The van der Waals surface area contributed by atoms with Gasteiger partial charge in [0.25, 0.3) is 0 Å². The summed E-state index contributed by atoms with van der Waals surface area (Å²) < 4.78 is 0.767. The van der Waals surface area contributed by atoms with Gasteiger partial charge in [-0.15, -0.1) is 0 Å². The van der Waals surface area contributed by atoms with Crippen LogP contribution in [0.15, 0.2) is 33.1 Å². The van der Waals surface area contributed by atoms with Gasteiger partial charge in [0.1, 0.15) is 5.03 Å². The number of nitrogens with zero attached hydrogens (tertiary/aromatic N) is 3. The number of pyridine rings is 1. The van der Waals surface area contributed by atoms with Crippen LogP contribution in [-0.2, 0) is 0 Å². The predicted molar refractivity (Wildman–Crippen MR) is 74.5 cm³/mol. The van der Waals surface area contributed by atoms with Crippen LogP contribution in [0.4, 0.5) is 0 Å². The minimum Gasteiger partial charge on any atom is -0.478 e. The Balaban J connectivity index is 2.44. The van der Waals surface area contributed by atoms with Crippen LogP contribution >= 0.6 is 27.7 Å². The van der Waals surface area contributed by atoms with E-state index < -0.39 is 5.97 Å². The summed E-state index contributed by atoms with van der Waals surface area (Å²) in [5, 5.41) is 10.1. The Bertz CT molecular complexity index is 632. The van der Waals surface area contributed by atoms with Crippen molar-refractivity contribution in [3.05, 3.63) is 39.8 Å². The summed E-state index contributed by atoms with van der Waals surface area (Å²) in [6, 6.07) is 1.75. The summed E-state index contributed by atoms with van der Waals surface area (Å²) in [5.74, 6) is -0.996. The first kappa shape index (κ1) is 14.0. The summed E-state index contributed by atoms with van der Waals surface area (Å²) in [4.78, 5) is 23.8. The third-order valence-corrected chi connectivity index (χ3v) is 3.60. The van der Waals surface area contributed by atoms with Crippen LogP contribution in [0.5, 0.6) is 0 Å². The summed E-state index contributed by atoms with van der Waals surface area (Å²) in [6.45, 7) is 3.58. The highest BCUT2D eigenvalue weighted by Crippen LogP contribution is 2.28. The molecule has 0 saturated heterocycles. The standard InChI is InChI=1S/C12H10BrN3O2S/c1-6-3-7(2)16-10(9(6)11(17)18)19-12-14-4-8(13)5-15-12/h3-5H,1-2H3,(H,17,18). The number of carbonyl (C=O) groups is 1. The summed E-state index contributed by atoms with van der Waals surface area (Å²) in [7, 11) is 0. The van der Waals surface area contributed by atoms with Crippen molar-refractivity contribution in [3.8, 4) is 0 Å². The van der Waals surface area contributed by atoms with Gasteiger partial charge < -0.3 is 5.11 Å². The fourth-order valence-corrected chi connectivity index (χ4v) is 2.70. The third kappa shape index (κ3) is 3.30. The molecule has 0 aliphatic carbocycles. The fourth-order valence-electron chi connectivity index (χ4n) is 1.58. The van der Waals surface area contributed by atoms with Gasteiger partial charge in [0.2, 0.25) is 0 Å². The molecule has 7 heteroatoms. The first-order chi connectivity index (χ1) is 8.97. The van der Waals surface area contributed by atoms with Gasteiger partial charge in [-0.3, -0.25) is 0 Å². The maximum Gasteiger partial charge on any atom is 0.338 e. The number of aryl methyl sites for hydroxylation is 2. The molecule has 2 aromatic rings. The van der Waals surface area contributed by atoms with E-state index in [0.29, 0.717) is 15.7 Å². The van der Waals surface area contributed by atoms with E-state index in [0.717, 1.165) is 21.9 Å². The molecule has 2 heterocycles. The van der Waals surface area contributed by atoms with Gasteiger partial charge in [-0.25, -0.2) is 19.7 Å². The largest absolute Gasteiger partial charge is 0.478 e. The van der Waals surface area contributed by atoms with Gasteiger partial charge in [0.05, 0.1) is 10.0 Å². The average molecular weight is 340 g/mol. The Morgan fingerprint density at radius 3 is 2.53 bits per heavy atom. The topological polar surface area (TPSA) is 76.0 Å². The van der Waals surface area contributed by atoms with Crippen LogP contribution in [0.2, 0.25) is 0 Å². The van der Waals surface area contributed by atoms with E-state index in [1.54, 1.807) is 25.4 Å². The second-order valence-electron chi connectivity index (χ2n) is 3.85. The quantitative estimate of drug-likeness (QED) is 0.866. The van der Waals surface area contributed by atoms with Gasteiger partial charge >= 0.3 is 5.97 Å². The number of hydrogen-bond donors (Lipinski definition) is 1. The third-order valence-electron chi connectivity index (χ3n) is 2.31. The molecule has 2 aromatic heterocycles. The number of aromatic carboxylic acids is 1. The minimum absolute atomic E-state index is 0.196. The van der Waals surface area contributed by atoms with Crippen molar-refractivity contribution in [2.24, 2.45) is 0 Å². The molecule has 0 fully saturated rings. The first-order valence-corrected chi connectivity index (χ1v) is 6.95. The number of rotatable bonds is 3. The average Bonchev–Trinajstić information content (AvgIpc) is 2.30. The maximum atomic E-state index is 11.3. The van der Waals surface area contributed by atoms with Crippen molar-refractivity contribution in [3.63, 3.8) is 0 Å². The monoisotopic (exact) mass is 339 g/mol. The normalized spacial score (nSPS) is 10.5. The summed E-state index contributed by atoms with van der Waals surface area (Å²) in [6.07, 6.45) is 3.22. The van der Waals surface area contributed by atoms with Gasteiger partial charge in [-0.1, -0.05) is 0 Å². The fraction of sp³-hybridized carbons (Fsp3) is 0.167. The zero-order valence-corrected chi connectivity index (χ0v) is 12.6. The zero-order chi connectivity index (χ0) is 14.0. The number of carboxylic acid groups (broad SMARTS) is 1. The number of aromatic nitrogens is 3. The van der Waals surface area contributed by atoms with Crippen molar-refractivity contribution in [1.29, 1.82) is 0 Å². The molecule has 0 aliphatic heterocycles. The van der Waals surface area contributed by atoms with E-state index in [4.69, 9.17) is 0 Å². The Kier molecular flexibility index (Phi) is 4.16. The highest BCUT2D eigenvalue weighted by molar-refractivity contribution is 9.10. The molecule has 0 bridgehead atoms. The van der Waals surface area contributed by atoms with Gasteiger partial charge in [-0.2, -0.15) is 0 Å². The Morgan fingerprint density at radius 1 is 1.32 bits per heavy atom. The first-order valence-electron chi connectivity index (χ1n) is 5.34. The van der Waals surface area contributed by atoms with Gasteiger partial charge in [0.15, 0.2) is 5.16 Å². The van der Waals surface area contributed by atoms with Crippen LogP contribution in [0.3, 0.4) is 0 Å². The summed E-state index contributed by atoms with van der Waals surface area (Å²) in [5.41, 5.74) is 1.64. The molecule has 0 amide bonds. The lowest BCUT2D eigenvalue weighted by atomic mass is 10.1. The Hall–Kier alpha value is -1.47. The lowest BCUT2D eigenvalue weighted by Gasteiger charge is -2.08. The number of halogens is 1. The molecule has 1 N–H and O–H groups in total. The molecule has 0 radical (unpaired) electrons. The molecule has 0 atom stereocenters. The molecular weight excluding hydrogens is 330 g/mol. The molecule has 19 heavy (non-hydrogen) atoms. The van der Waals surface area contributed by atoms with E-state index in [2.05, 4.69) is 30.9 Å².